The number of nitro benzene ring substituents is 1. The Labute approximate surface area is 176 Å². The second-order valence-corrected chi connectivity index (χ2v) is 7.34. The molecule has 3 aromatic carbocycles. The fraction of sp³-hybridized carbons (Fsp3) is 0.208. The van der Waals surface area contributed by atoms with Gasteiger partial charge in [0.15, 0.2) is 0 Å². The van der Waals surface area contributed by atoms with E-state index in [1.165, 1.54) is 6.07 Å². The molecule has 0 spiro atoms. The predicted octanol–water partition coefficient (Wildman–Crippen LogP) is 4.84. The van der Waals surface area contributed by atoms with Gasteiger partial charge in [0.2, 0.25) is 5.91 Å². The lowest BCUT2D eigenvalue weighted by atomic mass is 9.98. The zero-order chi connectivity index (χ0) is 21.7. The summed E-state index contributed by atoms with van der Waals surface area (Å²) in [5, 5.41) is 17.4. The molecule has 0 radical (unpaired) electrons. The van der Waals surface area contributed by atoms with Crippen LogP contribution in [0.2, 0.25) is 0 Å². The summed E-state index contributed by atoms with van der Waals surface area (Å²) in [6.45, 7) is 5.66. The average molecular weight is 403 g/mol. The summed E-state index contributed by atoms with van der Waals surface area (Å²) in [5.41, 5.74) is 4.94. The molecule has 0 saturated heterocycles. The Balaban J connectivity index is 1.80. The maximum atomic E-state index is 12.7. The Morgan fingerprint density at radius 1 is 0.933 bits per heavy atom. The Hall–Kier alpha value is -3.51. The molecule has 0 unspecified atom stereocenters. The lowest BCUT2D eigenvalue weighted by molar-refractivity contribution is -0.384. The fourth-order valence-electron chi connectivity index (χ4n) is 3.32. The van der Waals surface area contributed by atoms with Crippen molar-refractivity contribution in [2.45, 2.75) is 26.8 Å². The highest BCUT2D eigenvalue weighted by Crippen LogP contribution is 2.30. The monoisotopic (exact) mass is 403 g/mol. The Kier molecular flexibility index (Phi) is 6.59. The van der Waals surface area contributed by atoms with Crippen molar-refractivity contribution in [1.29, 1.82) is 0 Å². The van der Waals surface area contributed by atoms with Gasteiger partial charge < -0.3 is 5.32 Å². The van der Waals surface area contributed by atoms with Crippen LogP contribution >= 0.6 is 0 Å². The molecule has 30 heavy (non-hydrogen) atoms. The average Bonchev–Trinajstić information content (AvgIpc) is 2.73. The van der Waals surface area contributed by atoms with Crippen LogP contribution in [0.4, 0.5) is 11.4 Å². The second kappa shape index (κ2) is 9.33. The van der Waals surface area contributed by atoms with Gasteiger partial charge >= 0.3 is 0 Å². The van der Waals surface area contributed by atoms with Crippen molar-refractivity contribution in [3.63, 3.8) is 0 Å². The zero-order valence-electron chi connectivity index (χ0n) is 17.3. The summed E-state index contributed by atoms with van der Waals surface area (Å²) >= 11 is 0. The fourth-order valence-corrected chi connectivity index (χ4v) is 3.32. The highest BCUT2D eigenvalue weighted by atomic mass is 16.6. The molecule has 3 rings (SSSR count). The van der Waals surface area contributed by atoms with Crippen molar-refractivity contribution in [1.82, 2.24) is 5.32 Å². The third kappa shape index (κ3) is 4.90. The maximum Gasteiger partial charge on any atom is 0.293 e. The van der Waals surface area contributed by atoms with Gasteiger partial charge in [-0.05, 0) is 43.0 Å². The van der Waals surface area contributed by atoms with Gasteiger partial charge in [-0.1, -0.05) is 66.2 Å². The number of carbonyl (C=O) groups is 1. The molecule has 0 heterocycles. The first kappa shape index (κ1) is 21.2. The van der Waals surface area contributed by atoms with Gasteiger partial charge in [-0.15, -0.1) is 0 Å². The van der Waals surface area contributed by atoms with Crippen LogP contribution in [0.3, 0.4) is 0 Å². The van der Waals surface area contributed by atoms with Gasteiger partial charge in [0.05, 0.1) is 17.5 Å². The van der Waals surface area contributed by atoms with Crippen molar-refractivity contribution in [2.75, 3.05) is 11.9 Å². The van der Waals surface area contributed by atoms with E-state index in [1.54, 1.807) is 13.0 Å². The standard InChI is InChI=1S/C24H25N3O3/c1-16-9-12-20(13-10-16)24(19-7-5-4-6-8-19)25-15-22(28)26-23-18(3)17(2)11-14-21(23)27(29)30/h4-14,24-25H,15H2,1-3H3,(H,26,28)/t24-/m1/s1. The van der Waals surface area contributed by atoms with Crippen LogP contribution in [0, 0.1) is 30.9 Å². The summed E-state index contributed by atoms with van der Waals surface area (Å²) in [7, 11) is 0. The minimum absolute atomic E-state index is 0.0119. The van der Waals surface area contributed by atoms with Crippen molar-refractivity contribution in [3.05, 3.63) is 105 Å². The number of hydrogen-bond donors (Lipinski definition) is 2. The minimum atomic E-state index is -0.478. The summed E-state index contributed by atoms with van der Waals surface area (Å²) in [6, 6.07) is 20.9. The van der Waals surface area contributed by atoms with Crippen molar-refractivity contribution >= 4 is 17.3 Å². The van der Waals surface area contributed by atoms with Gasteiger partial charge in [-0.25, -0.2) is 0 Å². The van der Waals surface area contributed by atoms with E-state index in [-0.39, 0.29) is 29.9 Å². The van der Waals surface area contributed by atoms with E-state index >= 15 is 0 Å². The number of benzene rings is 3. The first-order chi connectivity index (χ1) is 14.4. The van der Waals surface area contributed by atoms with Crippen LogP contribution in [-0.2, 0) is 4.79 Å². The Morgan fingerprint density at radius 2 is 1.57 bits per heavy atom. The molecule has 3 aromatic rings. The van der Waals surface area contributed by atoms with Crippen LogP contribution in [0.25, 0.3) is 0 Å². The molecule has 0 fully saturated rings. The first-order valence-corrected chi connectivity index (χ1v) is 9.76. The lowest BCUT2D eigenvalue weighted by Crippen LogP contribution is -2.32. The molecule has 0 bridgehead atoms. The quantitative estimate of drug-likeness (QED) is 0.437. The number of aryl methyl sites for hydroxylation is 2. The molecule has 0 aliphatic rings. The smallest absolute Gasteiger partial charge is 0.293 e. The van der Waals surface area contributed by atoms with Crippen molar-refractivity contribution in [3.8, 4) is 0 Å². The minimum Gasteiger partial charge on any atom is -0.319 e. The van der Waals surface area contributed by atoms with Gasteiger partial charge in [-0.3, -0.25) is 20.2 Å². The number of nitro groups is 1. The zero-order valence-corrected chi connectivity index (χ0v) is 17.3. The number of carbonyl (C=O) groups excluding carboxylic acids is 1. The molecule has 6 nitrogen and oxygen atoms in total. The summed E-state index contributed by atoms with van der Waals surface area (Å²) < 4.78 is 0. The largest absolute Gasteiger partial charge is 0.319 e. The molecule has 2 N–H and O–H groups in total. The van der Waals surface area contributed by atoms with Gasteiger partial charge in [0.1, 0.15) is 5.69 Å². The first-order valence-electron chi connectivity index (χ1n) is 9.76. The number of anilines is 1. The Morgan fingerprint density at radius 3 is 2.20 bits per heavy atom. The second-order valence-electron chi connectivity index (χ2n) is 7.34. The molecule has 0 aliphatic heterocycles. The van der Waals surface area contributed by atoms with E-state index in [0.717, 1.165) is 22.3 Å². The van der Waals surface area contributed by atoms with E-state index in [0.29, 0.717) is 5.56 Å². The highest BCUT2D eigenvalue weighted by molar-refractivity contribution is 5.95. The van der Waals surface area contributed by atoms with E-state index in [4.69, 9.17) is 0 Å². The van der Waals surface area contributed by atoms with E-state index in [2.05, 4.69) is 10.6 Å². The van der Waals surface area contributed by atoms with E-state index < -0.39 is 4.92 Å². The molecule has 1 atom stereocenters. The third-order valence-corrected chi connectivity index (χ3v) is 5.19. The summed E-state index contributed by atoms with van der Waals surface area (Å²) in [6.07, 6.45) is 0. The van der Waals surface area contributed by atoms with Crippen LogP contribution in [0.5, 0.6) is 0 Å². The molecule has 1 amide bonds. The number of nitrogens with zero attached hydrogens (tertiary/aromatic N) is 1. The molecular formula is C24H25N3O3. The van der Waals surface area contributed by atoms with Gasteiger partial charge in [-0.2, -0.15) is 0 Å². The number of rotatable bonds is 7. The number of nitrogens with one attached hydrogen (secondary N) is 2. The van der Waals surface area contributed by atoms with E-state index in [1.807, 2.05) is 68.4 Å². The normalized spacial score (nSPS) is 11.7. The highest BCUT2D eigenvalue weighted by Gasteiger charge is 2.20. The van der Waals surface area contributed by atoms with Crippen LogP contribution in [0.15, 0.2) is 66.7 Å². The van der Waals surface area contributed by atoms with Crippen LogP contribution in [0.1, 0.15) is 33.9 Å². The van der Waals surface area contributed by atoms with Crippen molar-refractivity contribution in [2.24, 2.45) is 0 Å². The SMILES string of the molecule is Cc1ccc([C@H](NCC(=O)Nc2c([N+](=O)[O-])ccc(C)c2C)c2ccccc2)cc1. The molecule has 0 aliphatic carbocycles. The van der Waals surface area contributed by atoms with E-state index in [9.17, 15) is 14.9 Å². The number of hydrogen-bond acceptors (Lipinski definition) is 4. The predicted molar refractivity (Wildman–Crippen MR) is 119 cm³/mol. The lowest BCUT2D eigenvalue weighted by Gasteiger charge is -2.20. The molecule has 0 saturated carbocycles. The van der Waals surface area contributed by atoms with Crippen LogP contribution in [-0.4, -0.2) is 17.4 Å². The van der Waals surface area contributed by atoms with Crippen molar-refractivity contribution < 1.29 is 9.72 Å². The topological polar surface area (TPSA) is 84.3 Å². The maximum absolute atomic E-state index is 12.7. The number of amides is 1. The molecule has 6 heteroatoms. The van der Waals surface area contributed by atoms with Gasteiger partial charge in [0, 0.05) is 6.07 Å². The summed E-state index contributed by atoms with van der Waals surface area (Å²) in [4.78, 5) is 23.6. The summed E-state index contributed by atoms with van der Waals surface area (Å²) in [5.74, 6) is -0.333. The molecule has 0 aromatic heterocycles. The Bertz CT molecular complexity index is 1050. The molecular weight excluding hydrogens is 378 g/mol. The van der Waals surface area contributed by atoms with Gasteiger partial charge in [0.25, 0.3) is 5.69 Å². The van der Waals surface area contributed by atoms with Crippen LogP contribution < -0.4 is 10.6 Å². The molecule has 154 valence electrons. The third-order valence-electron chi connectivity index (χ3n) is 5.19.